The molecule has 148 valence electrons. The molecule has 3 amide bonds. The molecule has 0 radical (unpaired) electrons. The van der Waals surface area contributed by atoms with E-state index in [9.17, 15) is 14.0 Å². The van der Waals surface area contributed by atoms with Crippen molar-refractivity contribution < 1.29 is 14.0 Å². The maximum atomic E-state index is 14.0. The molecule has 1 heterocycles. The van der Waals surface area contributed by atoms with Gasteiger partial charge < -0.3 is 21.3 Å². The standard InChI is InChI=1S/C21H25FN4O2/c22-18-9-5-4-8-17(18)19(25-21(23)28)12-20(27)24-13-15-10-11-26(14-15)16-6-2-1-3-7-16/h1-9,15,19H,10-14H2,(H,24,27)(H3,23,25,28). The Morgan fingerprint density at radius 2 is 1.86 bits per heavy atom. The third-order valence-corrected chi connectivity index (χ3v) is 4.98. The first kappa shape index (κ1) is 19.7. The van der Waals surface area contributed by atoms with Crippen LogP contribution < -0.4 is 21.3 Å². The molecule has 1 saturated heterocycles. The highest BCUT2D eigenvalue weighted by Crippen LogP contribution is 2.23. The third-order valence-electron chi connectivity index (χ3n) is 4.98. The fraction of sp³-hybridized carbons (Fsp3) is 0.333. The number of carbonyl (C=O) groups is 2. The number of rotatable bonds is 7. The number of benzene rings is 2. The predicted octanol–water partition coefficient (Wildman–Crippen LogP) is 2.57. The molecule has 1 fully saturated rings. The largest absolute Gasteiger partial charge is 0.371 e. The molecule has 1 aliphatic rings. The molecule has 3 rings (SSSR count). The van der Waals surface area contributed by atoms with Crippen LogP contribution in [0.25, 0.3) is 0 Å². The molecule has 2 aromatic carbocycles. The van der Waals surface area contributed by atoms with E-state index in [2.05, 4.69) is 27.7 Å². The van der Waals surface area contributed by atoms with E-state index in [0.29, 0.717) is 12.5 Å². The summed E-state index contributed by atoms with van der Waals surface area (Å²) < 4.78 is 14.0. The third kappa shape index (κ3) is 5.22. The molecule has 1 aliphatic heterocycles. The number of hydrogen-bond acceptors (Lipinski definition) is 3. The van der Waals surface area contributed by atoms with Gasteiger partial charge in [0, 0.05) is 30.9 Å². The number of halogens is 1. The predicted molar refractivity (Wildman–Crippen MR) is 106 cm³/mol. The van der Waals surface area contributed by atoms with Gasteiger partial charge in [-0.2, -0.15) is 0 Å². The van der Waals surface area contributed by atoms with Gasteiger partial charge in [0.15, 0.2) is 0 Å². The van der Waals surface area contributed by atoms with E-state index < -0.39 is 17.9 Å². The lowest BCUT2D eigenvalue weighted by molar-refractivity contribution is -0.121. The van der Waals surface area contributed by atoms with E-state index >= 15 is 0 Å². The van der Waals surface area contributed by atoms with Gasteiger partial charge in [-0.05, 0) is 30.5 Å². The maximum Gasteiger partial charge on any atom is 0.312 e. The summed E-state index contributed by atoms with van der Waals surface area (Å²) >= 11 is 0. The zero-order valence-electron chi connectivity index (χ0n) is 15.6. The van der Waals surface area contributed by atoms with Gasteiger partial charge in [-0.1, -0.05) is 36.4 Å². The molecule has 2 aromatic rings. The van der Waals surface area contributed by atoms with E-state index in [1.165, 1.54) is 17.8 Å². The van der Waals surface area contributed by atoms with Gasteiger partial charge in [0.05, 0.1) is 12.5 Å². The second-order valence-corrected chi connectivity index (χ2v) is 7.03. The Hall–Kier alpha value is -3.09. The highest BCUT2D eigenvalue weighted by Gasteiger charge is 2.24. The molecule has 2 atom stereocenters. The van der Waals surface area contributed by atoms with Crippen LogP contribution in [0.1, 0.15) is 24.4 Å². The number of nitrogens with zero attached hydrogens (tertiary/aromatic N) is 1. The molecular weight excluding hydrogens is 359 g/mol. The van der Waals surface area contributed by atoms with Crippen LogP contribution in [0.5, 0.6) is 0 Å². The summed E-state index contributed by atoms with van der Waals surface area (Å²) in [6.07, 6.45) is 0.921. The van der Waals surface area contributed by atoms with Crippen LogP contribution in [-0.4, -0.2) is 31.6 Å². The van der Waals surface area contributed by atoms with Crippen LogP contribution in [0.2, 0.25) is 0 Å². The molecule has 4 N–H and O–H groups in total. The number of urea groups is 1. The maximum absolute atomic E-state index is 14.0. The molecule has 0 aliphatic carbocycles. The highest BCUT2D eigenvalue weighted by atomic mass is 19.1. The van der Waals surface area contributed by atoms with Crippen LogP contribution in [0.15, 0.2) is 54.6 Å². The fourth-order valence-electron chi connectivity index (χ4n) is 3.56. The van der Waals surface area contributed by atoms with Crippen LogP contribution in [-0.2, 0) is 4.79 Å². The molecular formula is C21H25FN4O2. The van der Waals surface area contributed by atoms with Gasteiger partial charge in [-0.3, -0.25) is 4.79 Å². The minimum Gasteiger partial charge on any atom is -0.371 e. The quantitative estimate of drug-likeness (QED) is 0.686. The molecule has 6 nitrogen and oxygen atoms in total. The number of nitrogens with one attached hydrogen (secondary N) is 2. The number of para-hydroxylation sites is 1. The first-order valence-electron chi connectivity index (χ1n) is 9.40. The second kappa shape index (κ2) is 9.21. The molecule has 28 heavy (non-hydrogen) atoms. The Morgan fingerprint density at radius 3 is 2.57 bits per heavy atom. The van der Waals surface area contributed by atoms with Gasteiger partial charge in [-0.25, -0.2) is 9.18 Å². The minimum absolute atomic E-state index is 0.0704. The lowest BCUT2D eigenvalue weighted by Gasteiger charge is -2.20. The Kier molecular flexibility index (Phi) is 6.47. The summed E-state index contributed by atoms with van der Waals surface area (Å²) in [5.74, 6) is -0.385. The lowest BCUT2D eigenvalue weighted by atomic mass is 10.0. The van der Waals surface area contributed by atoms with E-state index in [4.69, 9.17) is 5.73 Å². The minimum atomic E-state index is -0.803. The average molecular weight is 384 g/mol. The Morgan fingerprint density at radius 1 is 1.14 bits per heavy atom. The summed E-state index contributed by atoms with van der Waals surface area (Å²) in [6.45, 7) is 2.37. The number of nitrogens with two attached hydrogens (primary N) is 1. The zero-order valence-corrected chi connectivity index (χ0v) is 15.6. The van der Waals surface area contributed by atoms with Crippen molar-refractivity contribution in [2.45, 2.75) is 18.9 Å². The van der Waals surface area contributed by atoms with Gasteiger partial charge in [-0.15, -0.1) is 0 Å². The van der Waals surface area contributed by atoms with Gasteiger partial charge in [0.2, 0.25) is 5.91 Å². The number of carbonyl (C=O) groups excluding carboxylic acids is 2. The van der Waals surface area contributed by atoms with Gasteiger partial charge in [0.1, 0.15) is 5.82 Å². The summed E-state index contributed by atoms with van der Waals surface area (Å²) in [5, 5.41) is 5.36. The topological polar surface area (TPSA) is 87.5 Å². The fourth-order valence-corrected chi connectivity index (χ4v) is 3.56. The average Bonchev–Trinajstić information content (AvgIpc) is 3.16. The van der Waals surface area contributed by atoms with Crippen molar-refractivity contribution in [2.24, 2.45) is 11.7 Å². The van der Waals surface area contributed by atoms with Crippen molar-refractivity contribution in [1.82, 2.24) is 10.6 Å². The first-order chi connectivity index (χ1) is 13.5. The van der Waals surface area contributed by atoms with Crippen molar-refractivity contribution in [3.05, 3.63) is 66.0 Å². The normalized spacial score (nSPS) is 17.2. The van der Waals surface area contributed by atoms with Crippen LogP contribution in [0.4, 0.5) is 14.9 Å². The van der Waals surface area contributed by atoms with E-state index in [0.717, 1.165) is 19.5 Å². The molecule has 0 bridgehead atoms. The molecule has 0 spiro atoms. The van der Waals surface area contributed by atoms with Crippen LogP contribution in [0, 0.1) is 11.7 Å². The van der Waals surface area contributed by atoms with Crippen molar-refractivity contribution in [3.8, 4) is 0 Å². The monoisotopic (exact) mass is 384 g/mol. The van der Waals surface area contributed by atoms with E-state index in [1.54, 1.807) is 12.1 Å². The number of hydrogen-bond donors (Lipinski definition) is 3. The van der Waals surface area contributed by atoms with E-state index in [-0.39, 0.29) is 17.9 Å². The first-order valence-corrected chi connectivity index (χ1v) is 9.40. The van der Waals surface area contributed by atoms with Crippen molar-refractivity contribution in [1.29, 1.82) is 0 Å². The Bertz CT molecular complexity index is 815. The molecule has 7 heteroatoms. The van der Waals surface area contributed by atoms with Crippen molar-refractivity contribution in [2.75, 3.05) is 24.5 Å². The second-order valence-electron chi connectivity index (χ2n) is 7.03. The number of amides is 3. The Balaban J connectivity index is 1.52. The van der Waals surface area contributed by atoms with Crippen molar-refractivity contribution >= 4 is 17.6 Å². The summed E-state index contributed by atoms with van der Waals surface area (Å²) in [5.41, 5.74) is 6.62. The zero-order chi connectivity index (χ0) is 19.9. The SMILES string of the molecule is NC(=O)NC(CC(=O)NCC1CCN(c2ccccc2)C1)c1ccccc1F. The summed E-state index contributed by atoms with van der Waals surface area (Å²) in [6, 6.07) is 14.6. The number of anilines is 1. The molecule has 0 aromatic heterocycles. The summed E-state index contributed by atoms with van der Waals surface area (Å²) in [7, 11) is 0. The van der Waals surface area contributed by atoms with Crippen molar-refractivity contribution in [3.63, 3.8) is 0 Å². The molecule has 2 unspecified atom stereocenters. The smallest absolute Gasteiger partial charge is 0.312 e. The number of primary amides is 1. The Labute approximate surface area is 163 Å². The molecule has 0 saturated carbocycles. The van der Waals surface area contributed by atoms with Gasteiger partial charge in [0.25, 0.3) is 0 Å². The van der Waals surface area contributed by atoms with E-state index in [1.807, 2.05) is 18.2 Å². The van der Waals surface area contributed by atoms with Crippen LogP contribution in [0.3, 0.4) is 0 Å². The van der Waals surface area contributed by atoms with Crippen LogP contribution >= 0.6 is 0 Å². The summed E-state index contributed by atoms with van der Waals surface area (Å²) in [4.78, 5) is 26.0. The highest BCUT2D eigenvalue weighted by molar-refractivity contribution is 5.78. The van der Waals surface area contributed by atoms with Gasteiger partial charge >= 0.3 is 6.03 Å². The lowest BCUT2D eigenvalue weighted by Crippen LogP contribution is -2.38.